The van der Waals surface area contributed by atoms with Crippen molar-refractivity contribution in [3.8, 4) is 5.75 Å². The fourth-order valence-electron chi connectivity index (χ4n) is 3.04. The van der Waals surface area contributed by atoms with Crippen LogP contribution in [-0.2, 0) is 12.8 Å². The van der Waals surface area contributed by atoms with Crippen molar-refractivity contribution < 1.29 is 9.90 Å². The number of hydrogen-bond donors (Lipinski definition) is 2. The van der Waals surface area contributed by atoms with Crippen molar-refractivity contribution in [1.29, 1.82) is 0 Å². The van der Waals surface area contributed by atoms with Gasteiger partial charge < -0.3 is 9.67 Å². The van der Waals surface area contributed by atoms with Crippen LogP contribution in [0.1, 0.15) is 21.5 Å². The van der Waals surface area contributed by atoms with Crippen molar-refractivity contribution in [2.75, 3.05) is 0 Å². The highest BCUT2D eigenvalue weighted by molar-refractivity contribution is 7.98. The lowest BCUT2D eigenvalue weighted by molar-refractivity contribution is 0.0955. The van der Waals surface area contributed by atoms with Gasteiger partial charge in [-0.15, -0.1) is 10.2 Å². The van der Waals surface area contributed by atoms with Gasteiger partial charge in [0.25, 0.3) is 5.91 Å². The van der Waals surface area contributed by atoms with E-state index in [1.165, 1.54) is 23.8 Å². The van der Waals surface area contributed by atoms with Gasteiger partial charge in [-0.25, -0.2) is 5.43 Å². The molecule has 0 radical (unpaired) electrons. The maximum absolute atomic E-state index is 12.3. The average molecular weight is 452 g/mol. The van der Waals surface area contributed by atoms with E-state index in [9.17, 15) is 9.90 Å². The molecule has 9 heteroatoms. The zero-order valence-electron chi connectivity index (χ0n) is 16.5. The Bertz CT molecular complexity index is 1290. The first kappa shape index (κ1) is 20.9. The van der Waals surface area contributed by atoms with Crippen LogP contribution in [0.25, 0.3) is 10.8 Å². The number of amides is 1. The van der Waals surface area contributed by atoms with Gasteiger partial charge in [-0.3, -0.25) is 4.79 Å². The zero-order valence-corrected chi connectivity index (χ0v) is 18.1. The quantitative estimate of drug-likeness (QED) is 0.258. The van der Waals surface area contributed by atoms with E-state index in [1.54, 1.807) is 24.3 Å². The molecule has 1 amide bonds. The third-order valence-corrected chi connectivity index (χ3v) is 6.04. The maximum Gasteiger partial charge on any atom is 0.271 e. The molecule has 0 unspecified atom stereocenters. The number of aromatic nitrogens is 3. The number of thioether (sulfide) groups is 1. The van der Waals surface area contributed by atoms with Crippen molar-refractivity contribution >= 4 is 46.3 Å². The SMILES string of the molecule is Cn1cnnc1SCc1ccc(/C=N/NC(=O)c2ccc(O)c(Cl)c2)c2ccccc12. The van der Waals surface area contributed by atoms with Crippen LogP contribution in [0, 0.1) is 0 Å². The predicted octanol–water partition coefficient (Wildman–Crippen LogP) is 4.38. The highest BCUT2D eigenvalue weighted by Gasteiger charge is 2.09. The van der Waals surface area contributed by atoms with Crippen LogP contribution < -0.4 is 5.43 Å². The first-order valence-electron chi connectivity index (χ1n) is 9.32. The van der Waals surface area contributed by atoms with Crippen LogP contribution in [0.3, 0.4) is 0 Å². The summed E-state index contributed by atoms with van der Waals surface area (Å²) < 4.78 is 1.89. The molecule has 0 aliphatic carbocycles. The Morgan fingerprint density at radius 2 is 2.03 bits per heavy atom. The van der Waals surface area contributed by atoms with E-state index in [-0.39, 0.29) is 10.8 Å². The van der Waals surface area contributed by atoms with Gasteiger partial charge >= 0.3 is 0 Å². The van der Waals surface area contributed by atoms with E-state index in [1.807, 2.05) is 35.9 Å². The second-order valence-electron chi connectivity index (χ2n) is 6.74. The minimum absolute atomic E-state index is 0.0781. The number of carbonyl (C=O) groups excluding carboxylic acids is 1. The van der Waals surface area contributed by atoms with Crippen molar-refractivity contribution in [2.24, 2.45) is 12.1 Å². The van der Waals surface area contributed by atoms with Crippen LogP contribution in [0.4, 0.5) is 0 Å². The summed E-state index contributed by atoms with van der Waals surface area (Å²) in [6.07, 6.45) is 3.29. The fourth-order valence-corrected chi connectivity index (χ4v) is 4.11. The minimum Gasteiger partial charge on any atom is -0.506 e. The molecule has 1 aromatic heterocycles. The number of aromatic hydroxyl groups is 1. The Morgan fingerprint density at radius 3 is 2.77 bits per heavy atom. The molecule has 0 spiro atoms. The normalized spacial score (nSPS) is 11.3. The van der Waals surface area contributed by atoms with E-state index in [0.29, 0.717) is 5.56 Å². The van der Waals surface area contributed by atoms with Crippen LogP contribution in [0.5, 0.6) is 5.75 Å². The molecule has 2 N–H and O–H groups in total. The van der Waals surface area contributed by atoms with Crippen molar-refractivity contribution in [1.82, 2.24) is 20.2 Å². The summed E-state index contributed by atoms with van der Waals surface area (Å²) in [4.78, 5) is 12.3. The predicted molar refractivity (Wildman–Crippen MR) is 123 cm³/mol. The molecule has 0 saturated carbocycles. The summed E-state index contributed by atoms with van der Waals surface area (Å²) in [5, 5.41) is 24.7. The molecule has 4 rings (SSSR count). The summed E-state index contributed by atoms with van der Waals surface area (Å²) in [5.41, 5.74) is 4.85. The van der Waals surface area contributed by atoms with Crippen LogP contribution >= 0.6 is 23.4 Å². The Morgan fingerprint density at radius 1 is 1.23 bits per heavy atom. The van der Waals surface area contributed by atoms with Gasteiger partial charge in [0.15, 0.2) is 5.16 Å². The number of aryl methyl sites for hydroxylation is 1. The molecule has 0 fully saturated rings. The monoisotopic (exact) mass is 451 g/mol. The van der Waals surface area contributed by atoms with Gasteiger partial charge in [-0.1, -0.05) is 59.8 Å². The molecule has 1 heterocycles. The smallest absolute Gasteiger partial charge is 0.271 e. The highest BCUT2D eigenvalue weighted by atomic mass is 35.5. The number of rotatable bonds is 6. The van der Waals surface area contributed by atoms with Crippen molar-refractivity contribution in [3.05, 3.63) is 82.6 Å². The molecule has 31 heavy (non-hydrogen) atoms. The third-order valence-electron chi connectivity index (χ3n) is 4.65. The van der Waals surface area contributed by atoms with Gasteiger partial charge in [0.1, 0.15) is 12.1 Å². The first-order chi connectivity index (χ1) is 15.0. The van der Waals surface area contributed by atoms with Crippen molar-refractivity contribution in [2.45, 2.75) is 10.9 Å². The molecule has 0 atom stereocenters. The number of nitrogens with one attached hydrogen (secondary N) is 1. The number of phenolic OH excluding ortho intramolecular Hbond substituents is 1. The number of halogens is 1. The minimum atomic E-state index is -0.417. The van der Waals surface area contributed by atoms with E-state index in [4.69, 9.17) is 11.6 Å². The van der Waals surface area contributed by atoms with Crippen LogP contribution in [0.15, 0.2) is 71.2 Å². The van der Waals surface area contributed by atoms with E-state index in [0.717, 1.165) is 27.2 Å². The Balaban J connectivity index is 1.52. The number of phenols is 1. The van der Waals surface area contributed by atoms with Crippen LogP contribution in [-0.4, -0.2) is 32.0 Å². The molecular weight excluding hydrogens is 434 g/mol. The second kappa shape index (κ2) is 9.20. The standard InChI is InChI=1S/C22H18ClN5O2S/c1-28-13-25-27-22(28)31-12-16-7-6-15(17-4-2-3-5-18(16)17)11-24-26-21(30)14-8-9-20(29)19(23)10-14/h2-11,13,29H,12H2,1H3,(H,26,30)/b24-11+. The number of fused-ring (bicyclic) bond motifs is 1. The largest absolute Gasteiger partial charge is 0.506 e. The van der Waals surface area contributed by atoms with Crippen LogP contribution in [0.2, 0.25) is 5.02 Å². The second-order valence-corrected chi connectivity index (χ2v) is 8.09. The van der Waals surface area contributed by atoms with Gasteiger partial charge in [0, 0.05) is 23.9 Å². The summed E-state index contributed by atoms with van der Waals surface area (Å²) in [5.74, 6) is 0.257. The maximum atomic E-state index is 12.3. The molecule has 0 aliphatic rings. The summed E-state index contributed by atoms with van der Waals surface area (Å²) in [6.45, 7) is 0. The lowest BCUT2D eigenvalue weighted by atomic mass is 10.0. The molecule has 4 aromatic rings. The number of nitrogens with zero attached hydrogens (tertiary/aromatic N) is 4. The Labute approximate surface area is 187 Å². The zero-order chi connectivity index (χ0) is 21.8. The molecule has 3 aromatic carbocycles. The fraction of sp³-hybridized carbons (Fsp3) is 0.0909. The highest BCUT2D eigenvalue weighted by Crippen LogP contribution is 2.28. The lowest BCUT2D eigenvalue weighted by Crippen LogP contribution is -2.17. The summed E-state index contributed by atoms with van der Waals surface area (Å²) in [6, 6.07) is 16.3. The Hall–Kier alpha value is -3.36. The molecule has 0 saturated heterocycles. The molecule has 0 bridgehead atoms. The molecular formula is C22H18ClN5O2S. The van der Waals surface area contributed by atoms with E-state index >= 15 is 0 Å². The Kier molecular flexibility index (Phi) is 6.20. The topological polar surface area (TPSA) is 92.4 Å². The summed E-state index contributed by atoms with van der Waals surface area (Å²) >= 11 is 7.48. The molecule has 7 nitrogen and oxygen atoms in total. The van der Waals surface area contributed by atoms with Gasteiger partial charge in [0.05, 0.1) is 11.2 Å². The number of hydrazone groups is 1. The first-order valence-corrected chi connectivity index (χ1v) is 10.7. The third kappa shape index (κ3) is 4.70. The van der Waals surface area contributed by atoms with Gasteiger partial charge in [-0.05, 0) is 34.5 Å². The number of benzene rings is 3. The van der Waals surface area contributed by atoms with Crippen molar-refractivity contribution in [3.63, 3.8) is 0 Å². The molecule has 156 valence electrons. The van der Waals surface area contributed by atoms with E-state index < -0.39 is 5.91 Å². The summed E-state index contributed by atoms with van der Waals surface area (Å²) in [7, 11) is 1.92. The number of hydrogen-bond acceptors (Lipinski definition) is 6. The van der Waals surface area contributed by atoms with Gasteiger partial charge in [-0.2, -0.15) is 5.10 Å². The lowest BCUT2D eigenvalue weighted by Gasteiger charge is -2.09. The molecule has 0 aliphatic heterocycles. The number of carbonyl (C=O) groups is 1. The van der Waals surface area contributed by atoms with Gasteiger partial charge in [0.2, 0.25) is 0 Å². The van der Waals surface area contributed by atoms with E-state index in [2.05, 4.69) is 32.9 Å². The average Bonchev–Trinajstić information content (AvgIpc) is 3.19.